The van der Waals surface area contributed by atoms with Crippen LogP contribution < -0.4 is 10.5 Å². The molecule has 0 bridgehead atoms. The molecule has 0 atom stereocenters. The van der Waals surface area contributed by atoms with Crippen molar-refractivity contribution in [3.05, 3.63) is 42.7 Å². The number of rotatable bonds is 5. The molecule has 0 radical (unpaired) electrons. The molecule has 19 heavy (non-hydrogen) atoms. The van der Waals surface area contributed by atoms with Crippen LogP contribution in [-0.4, -0.2) is 11.5 Å². The minimum atomic E-state index is 0.470. The summed E-state index contributed by atoms with van der Waals surface area (Å²) in [6.45, 7) is 3.09. The highest BCUT2D eigenvalue weighted by molar-refractivity contribution is 9.11. The summed E-state index contributed by atoms with van der Waals surface area (Å²) in [5, 5.41) is 3.06. The largest absolute Gasteiger partial charge is 0.485 e. The third kappa shape index (κ3) is 4.02. The van der Waals surface area contributed by atoms with Gasteiger partial charge in [0.05, 0.1) is 19.6 Å². The second-order valence-corrected chi connectivity index (χ2v) is 6.84. The minimum Gasteiger partial charge on any atom is -0.485 e. The van der Waals surface area contributed by atoms with E-state index >= 15 is 0 Å². The lowest BCUT2D eigenvalue weighted by Crippen LogP contribution is -2.03. The second-order valence-electron chi connectivity index (χ2n) is 4.07. The third-order valence-electron chi connectivity index (χ3n) is 2.52. The summed E-state index contributed by atoms with van der Waals surface area (Å²) < 4.78 is 7.68. The molecule has 102 valence electrons. The van der Waals surface area contributed by atoms with Gasteiger partial charge in [-0.2, -0.15) is 0 Å². The number of hydrogen-bond acceptors (Lipinski definition) is 4. The van der Waals surface area contributed by atoms with Gasteiger partial charge >= 0.3 is 0 Å². The van der Waals surface area contributed by atoms with Gasteiger partial charge in [-0.3, -0.25) is 0 Å². The maximum atomic E-state index is 5.82. The van der Waals surface area contributed by atoms with E-state index in [0.717, 1.165) is 31.8 Å². The van der Waals surface area contributed by atoms with Crippen molar-refractivity contribution >= 4 is 43.2 Å². The Labute approximate surface area is 133 Å². The van der Waals surface area contributed by atoms with Gasteiger partial charge < -0.3 is 10.5 Å². The molecular weight excluding hydrogens is 392 g/mol. The maximum absolute atomic E-state index is 5.82. The van der Waals surface area contributed by atoms with Gasteiger partial charge in [0.1, 0.15) is 12.4 Å². The number of aryl methyl sites for hydroxylation is 1. The lowest BCUT2D eigenvalue weighted by atomic mass is 10.1. The number of nitrogens with two attached hydrogens (primary N) is 1. The molecule has 2 N–H and O–H groups in total. The Kier molecular flexibility index (Phi) is 5.38. The fraction of sp³-hybridized carbons (Fsp3) is 0.308. The molecule has 1 aromatic carbocycles. The van der Waals surface area contributed by atoms with Gasteiger partial charge in [-0.25, -0.2) is 4.98 Å². The van der Waals surface area contributed by atoms with Crippen molar-refractivity contribution < 1.29 is 4.74 Å². The Morgan fingerprint density at radius 3 is 2.53 bits per heavy atom. The first-order valence-corrected chi connectivity index (χ1v) is 8.28. The summed E-state index contributed by atoms with van der Waals surface area (Å²) in [6.07, 6.45) is 0.850. The maximum Gasteiger partial charge on any atom is 0.148 e. The van der Waals surface area contributed by atoms with Crippen molar-refractivity contribution in [3.8, 4) is 5.75 Å². The molecule has 2 aromatic rings. The van der Waals surface area contributed by atoms with Crippen molar-refractivity contribution in [2.75, 3.05) is 6.54 Å². The Hall–Kier alpha value is -0.430. The van der Waals surface area contributed by atoms with Crippen molar-refractivity contribution in [1.82, 2.24) is 4.98 Å². The van der Waals surface area contributed by atoms with E-state index in [4.69, 9.17) is 10.5 Å². The van der Waals surface area contributed by atoms with Crippen LogP contribution in [0.4, 0.5) is 0 Å². The fourth-order valence-corrected chi connectivity index (χ4v) is 3.79. The Bertz CT molecular complexity index is 549. The summed E-state index contributed by atoms with van der Waals surface area (Å²) in [4.78, 5) is 4.38. The van der Waals surface area contributed by atoms with Crippen molar-refractivity contribution in [2.24, 2.45) is 5.73 Å². The monoisotopic (exact) mass is 404 g/mol. The van der Waals surface area contributed by atoms with E-state index in [9.17, 15) is 0 Å². The predicted molar refractivity (Wildman–Crippen MR) is 85.8 cm³/mol. The molecule has 1 heterocycles. The number of nitrogens with zero attached hydrogens (tertiary/aromatic N) is 1. The van der Waals surface area contributed by atoms with Crippen molar-refractivity contribution in [2.45, 2.75) is 20.0 Å². The molecule has 2 rings (SSSR count). The lowest BCUT2D eigenvalue weighted by molar-refractivity contribution is 0.298. The quantitative estimate of drug-likeness (QED) is 0.815. The molecule has 0 amide bonds. The zero-order valence-electron chi connectivity index (χ0n) is 10.5. The van der Waals surface area contributed by atoms with Gasteiger partial charge in [0.15, 0.2) is 0 Å². The molecular formula is C13H14Br2N2OS. The van der Waals surface area contributed by atoms with E-state index < -0.39 is 0 Å². The van der Waals surface area contributed by atoms with Crippen molar-refractivity contribution in [1.29, 1.82) is 0 Å². The van der Waals surface area contributed by atoms with Gasteiger partial charge in [-0.05, 0) is 69.4 Å². The van der Waals surface area contributed by atoms with Crippen LogP contribution in [0.1, 0.15) is 16.3 Å². The van der Waals surface area contributed by atoms with Crippen molar-refractivity contribution in [3.63, 3.8) is 0 Å². The number of thiazole rings is 1. The van der Waals surface area contributed by atoms with E-state index in [1.165, 1.54) is 5.56 Å². The Morgan fingerprint density at radius 2 is 2.00 bits per heavy atom. The highest BCUT2D eigenvalue weighted by atomic mass is 79.9. The van der Waals surface area contributed by atoms with E-state index in [0.29, 0.717) is 13.2 Å². The lowest BCUT2D eigenvalue weighted by Gasteiger charge is -2.11. The van der Waals surface area contributed by atoms with Gasteiger partial charge in [0.2, 0.25) is 0 Å². The summed E-state index contributed by atoms with van der Waals surface area (Å²) in [5.41, 5.74) is 7.70. The molecule has 0 aliphatic heterocycles. The van der Waals surface area contributed by atoms with E-state index in [1.807, 2.05) is 24.4 Å². The van der Waals surface area contributed by atoms with Gasteiger partial charge in [-0.15, -0.1) is 11.3 Å². The number of ether oxygens (including phenoxy) is 1. The third-order valence-corrected chi connectivity index (χ3v) is 4.52. The molecule has 6 heteroatoms. The molecule has 0 aliphatic carbocycles. The topological polar surface area (TPSA) is 48.1 Å². The first-order valence-electron chi connectivity index (χ1n) is 5.82. The molecule has 0 saturated heterocycles. The summed E-state index contributed by atoms with van der Waals surface area (Å²) in [5.74, 6) is 0.798. The Morgan fingerprint density at radius 1 is 1.32 bits per heavy atom. The summed E-state index contributed by atoms with van der Waals surface area (Å²) >= 11 is 8.69. The van der Waals surface area contributed by atoms with E-state index in [1.54, 1.807) is 11.3 Å². The average Bonchev–Trinajstić information content (AvgIpc) is 2.74. The van der Waals surface area contributed by atoms with Crippen LogP contribution in [0.25, 0.3) is 0 Å². The second kappa shape index (κ2) is 6.83. The Balaban J connectivity index is 2.11. The summed E-state index contributed by atoms with van der Waals surface area (Å²) in [6, 6.07) is 4.08. The standard InChI is InChI=1S/C13H14Br2N2OS/c1-8-17-10(7-19-8)6-18-13-11(14)4-9(2-3-16)5-12(13)15/h4-5,7H,2-3,6,16H2,1H3. The highest BCUT2D eigenvalue weighted by Crippen LogP contribution is 2.35. The number of hydrogen-bond donors (Lipinski definition) is 1. The molecule has 0 aliphatic rings. The average molecular weight is 406 g/mol. The zero-order chi connectivity index (χ0) is 13.8. The van der Waals surface area contributed by atoms with Crippen LogP contribution in [0.3, 0.4) is 0 Å². The molecule has 1 aromatic heterocycles. The first-order chi connectivity index (χ1) is 9.10. The SMILES string of the molecule is Cc1nc(COc2c(Br)cc(CCN)cc2Br)cs1. The summed E-state index contributed by atoms with van der Waals surface area (Å²) in [7, 11) is 0. The van der Waals surface area contributed by atoms with Crippen LogP contribution >= 0.6 is 43.2 Å². The smallest absolute Gasteiger partial charge is 0.148 e. The van der Waals surface area contributed by atoms with Crippen LogP contribution in [-0.2, 0) is 13.0 Å². The predicted octanol–water partition coefficient (Wildman–Crippen LogP) is 4.06. The van der Waals surface area contributed by atoms with E-state index in [-0.39, 0.29) is 0 Å². The van der Waals surface area contributed by atoms with Crippen LogP contribution in [0.5, 0.6) is 5.75 Å². The van der Waals surface area contributed by atoms with Gasteiger partial charge in [-0.1, -0.05) is 0 Å². The minimum absolute atomic E-state index is 0.470. The number of benzene rings is 1. The van der Waals surface area contributed by atoms with E-state index in [2.05, 4.69) is 36.8 Å². The number of halogens is 2. The molecule has 0 unspecified atom stereocenters. The molecule has 0 fully saturated rings. The first kappa shape index (κ1) is 15.0. The van der Waals surface area contributed by atoms with Gasteiger partial charge in [0, 0.05) is 5.38 Å². The van der Waals surface area contributed by atoms with Gasteiger partial charge in [0.25, 0.3) is 0 Å². The molecule has 0 spiro atoms. The van der Waals surface area contributed by atoms with Crippen LogP contribution in [0, 0.1) is 6.92 Å². The fourth-order valence-electron chi connectivity index (χ4n) is 1.68. The number of aromatic nitrogens is 1. The normalized spacial score (nSPS) is 10.7. The molecule has 0 saturated carbocycles. The highest BCUT2D eigenvalue weighted by Gasteiger charge is 2.10. The van der Waals surface area contributed by atoms with Crippen LogP contribution in [0.2, 0.25) is 0 Å². The zero-order valence-corrected chi connectivity index (χ0v) is 14.4. The van der Waals surface area contributed by atoms with Crippen LogP contribution in [0.15, 0.2) is 26.5 Å². The molecule has 3 nitrogen and oxygen atoms in total.